The van der Waals surface area contributed by atoms with E-state index in [4.69, 9.17) is 4.74 Å². The number of nitrogens with zero attached hydrogens (tertiary/aromatic N) is 6. The third-order valence-corrected chi connectivity index (χ3v) is 5.84. The van der Waals surface area contributed by atoms with Crippen LogP contribution in [0.15, 0.2) is 4.99 Å². The van der Waals surface area contributed by atoms with E-state index < -0.39 is 0 Å². The Kier molecular flexibility index (Phi) is 7.04. The highest BCUT2D eigenvalue weighted by molar-refractivity contribution is 7.09. The molecule has 1 N–H and O–H groups in total. The monoisotopic (exact) mass is 381 g/mol. The van der Waals surface area contributed by atoms with Crippen molar-refractivity contribution in [3.63, 3.8) is 0 Å². The fourth-order valence-electron chi connectivity index (χ4n) is 3.36. The van der Waals surface area contributed by atoms with Crippen LogP contribution in [0.25, 0.3) is 0 Å². The van der Waals surface area contributed by atoms with E-state index in [1.807, 2.05) is 7.05 Å². The third-order valence-electron chi connectivity index (χ3n) is 5.02. The zero-order valence-electron chi connectivity index (χ0n) is 16.1. The summed E-state index contributed by atoms with van der Waals surface area (Å²) >= 11 is 1.51. The van der Waals surface area contributed by atoms with Gasteiger partial charge in [-0.05, 0) is 6.92 Å². The van der Waals surface area contributed by atoms with Crippen LogP contribution in [0.2, 0.25) is 0 Å². The first-order valence-electron chi connectivity index (χ1n) is 9.56. The lowest BCUT2D eigenvalue weighted by Gasteiger charge is -2.37. The highest BCUT2D eigenvalue weighted by Gasteiger charge is 2.22. The summed E-state index contributed by atoms with van der Waals surface area (Å²) in [5.41, 5.74) is 0. The molecule has 2 aliphatic rings. The van der Waals surface area contributed by atoms with Crippen molar-refractivity contribution in [1.82, 2.24) is 24.5 Å². The number of morpholine rings is 1. The van der Waals surface area contributed by atoms with Gasteiger partial charge in [-0.2, -0.15) is 4.37 Å². The van der Waals surface area contributed by atoms with Crippen molar-refractivity contribution in [3.05, 3.63) is 5.82 Å². The largest absolute Gasteiger partial charge is 0.379 e. The molecule has 26 heavy (non-hydrogen) atoms. The molecule has 0 radical (unpaired) electrons. The van der Waals surface area contributed by atoms with Gasteiger partial charge >= 0.3 is 0 Å². The van der Waals surface area contributed by atoms with Crippen LogP contribution in [0.3, 0.4) is 0 Å². The number of rotatable bonds is 5. The molecule has 3 heterocycles. The number of aromatic nitrogens is 2. The quantitative estimate of drug-likeness (QED) is 0.589. The maximum absolute atomic E-state index is 5.50. The molecular formula is C17H31N7OS. The summed E-state index contributed by atoms with van der Waals surface area (Å²) in [7, 11) is 1.87. The Morgan fingerprint density at radius 3 is 2.77 bits per heavy atom. The van der Waals surface area contributed by atoms with Crippen LogP contribution < -0.4 is 10.2 Å². The first-order chi connectivity index (χ1) is 12.7. The topological polar surface area (TPSA) is 69.1 Å². The molecule has 2 fully saturated rings. The molecule has 1 aromatic rings. The van der Waals surface area contributed by atoms with Crippen LogP contribution in [0.5, 0.6) is 0 Å². The van der Waals surface area contributed by atoms with Gasteiger partial charge in [0, 0.05) is 76.9 Å². The summed E-state index contributed by atoms with van der Waals surface area (Å²) in [6.07, 6.45) is 0.898. The lowest BCUT2D eigenvalue weighted by Crippen LogP contribution is -2.54. The summed E-state index contributed by atoms with van der Waals surface area (Å²) in [4.78, 5) is 16.2. The Balaban J connectivity index is 1.43. The van der Waals surface area contributed by atoms with E-state index >= 15 is 0 Å². The van der Waals surface area contributed by atoms with Gasteiger partial charge in [-0.15, -0.1) is 0 Å². The minimum absolute atomic E-state index is 0.496. The van der Waals surface area contributed by atoms with E-state index in [1.165, 1.54) is 11.5 Å². The highest BCUT2D eigenvalue weighted by atomic mass is 32.1. The van der Waals surface area contributed by atoms with Crippen molar-refractivity contribution in [1.29, 1.82) is 0 Å². The van der Waals surface area contributed by atoms with Gasteiger partial charge in [-0.1, -0.05) is 6.92 Å². The van der Waals surface area contributed by atoms with Crippen molar-refractivity contribution in [2.75, 3.05) is 71.0 Å². The summed E-state index contributed by atoms with van der Waals surface area (Å²) < 4.78 is 9.90. The van der Waals surface area contributed by atoms with Crippen molar-refractivity contribution >= 4 is 22.6 Å². The third kappa shape index (κ3) is 4.83. The molecule has 0 aromatic carbocycles. The van der Waals surface area contributed by atoms with Gasteiger partial charge in [0.1, 0.15) is 5.82 Å². The molecule has 8 nitrogen and oxygen atoms in total. The van der Waals surface area contributed by atoms with E-state index in [-0.39, 0.29) is 0 Å². The van der Waals surface area contributed by atoms with Gasteiger partial charge in [0.05, 0.1) is 13.2 Å². The van der Waals surface area contributed by atoms with E-state index in [2.05, 4.69) is 48.2 Å². The fourth-order valence-corrected chi connectivity index (χ4v) is 4.16. The van der Waals surface area contributed by atoms with E-state index in [0.717, 1.165) is 82.4 Å². The van der Waals surface area contributed by atoms with Crippen LogP contribution in [0, 0.1) is 0 Å². The maximum atomic E-state index is 5.50. The smallest absolute Gasteiger partial charge is 0.205 e. The molecule has 3 rings (SSSR count). The molecule has 0 spiro atoms. The van der Waals surface area contributed by atoms with Crippen molar-refractivity contribution in [2.24, 2.45) is 4.99 Å². The Hall–Kier alpha value is -1.45. The van der Waals surface area contributed by atoms with Crippen LogP contribution in [-0.4, -0.2) is 97.2 Å². The van der Waals surface area contributed by atoms with Crippen molar-refractivity contribution in [2.45, 2.75) is 26.3 Å². The molecule has 9 heteroatoms. The molecule has 1 unspecified atom stereocenters. The number of nitrogens with one attached hydrogen (secondary N) is 1. The second-order valence-electron chi connectivity index (χ2n) is 6.75. The maximum Gasteiger partial charge on any atom is 0.205 e. The average Bonchev–Trinajstić information content (AvgIpc) is 3.16. The number of aryl methyl sites for hydroxylation is 1. The Morgan fingerprint density at radius 2 is 2.12 bits per heavy atom. The van der Waals surface area contributed by atoms with Gasteiger partial charge in [0.25, 0.3) is 0 Å². The molecule has 0 aliphatic carbocycles. The summed E-state index contributed by atoms with van der Waals surface area (Å²) in [5.74, 6) is 1.94. The van der Waals surface area contributed by atoms with Gasteiger partial charge < -0.3 is 19.9 Å². The number of anilines is 1. The van der Waals surface area contributed by atoms with Crippen LogP contribution in [0.1, 0.15) is 19.7 Å². The number of hydrogen-bond acceptors (Lipinski definition) is 7. The summed E-state index contributed by atoms with van der Waals surface area (Å²) in [6, 6.07) is 0.496. The minimum Gasteiger partial charge on any atom is -0.379 e. The lowest BCUT2D eigenvalue weighted by atomic mass is 10.2. The fraction of sp³-hybridized carbons (Fsp3) is 0.824. The van der Waals surface area contributed by atoms with E-state index in [9.17, 15) is 0 Å². The van der Waals surface area contributed by atoms with Gasteiger partial charge in [-0.3, -0.25) is 9.89 Å². The second-order valence-corrected chi connectivity index (χ2v) is 7.49. The molecule has 0 saturated carbocycles. The predicted molar refractivity (Wildman–Crippen MR) is 106 cm³/mol. The van der Waals surface area contributed by atoms with E-state index in [1.54, 1.807) is 0 Å². The molecular weight excluding hydrogens is 350 g/mol. The molecule has 1 aromatic heterocycles. The normalized spacial score (nSPS) is 22.7. The number of piperazine rings is 1. The van der Waals surface area contributed by atoms with Gasteiger partial charge in [0.15, 0.2) is 5.96 Å². The minimum atomic E-state index is 0.496. The summed E-state index contributed by atoms with van der Waals surface area (Å²) in [6.45, 7) is 12.8. The van der Waals surface area contributed by atoms with Crippen molar-refractivity contribution in [3.8, 4) is 0 Å². The Bertz CT molecular complexity index is 585. The van der Waals surface area contributed by atoms with Gasteiger partial charge in [0.2, 0.25) is 5.13 Å². The van der Waals surface area contributed by atoms with Crippen LogP contribution >= 0.6 is 11.5 Å². The Morgan fingerprint density at radius 1 is 1.31 bits per heavy atom. The van der Waals surface area contributed by atoms with Crippen LogP contribution in [0.4, 0.5) is 5.13 Å². The number of guanidine groups is 1. The zero-order valence-corrected chi connectivity index (χ0v) is 17.0. The molecule has 0 bridgehead atoms. The Labute approximate surface area is 160 Å². The average molecular weight is 382 g/mol. The molecule has 146 valence electrons. The number of hydrogen-bond donors (Lipinski definition) is 1. The standard InChI is InChI=1S/C17H31N7OS/c1-4-15-20-17(26-21-15)24-9-7-23(8-10-24)16(18-3)19-5-6-22-11-12-25-13-14(22)2/h14H,4-13H2,1-3H3,(H,18,19). The first-order valence-corrected chi connectivity index (χ1v) is 10.3. The summed E-state index contributed by atoms with van der Waals surface area (Å²) in [5, 5.41) is 4.57. The second kappa shape index (κ2) is 9.48. The van der Waals surface area contributed by atoms with Gasteiger partial charge in [-0.25, -0.2) is 4.98 Å². The zero-order chi connectivity index (χ0) is 18.4. The number of aliphatic imine (C=N–C) groups is 1. The first kappa shape index (κ1) is 19.3. The molecule has 2 aliphatic heterocycles. The van der Waals surface area contributed by atoms with E-state index in [0.29, 0.717) is 6.04 Å². The lowest BCUT2D eigenvalue weighted by molar-refractivity contribution is 0.000824. The van der Waals surface area contributed by atoms with Crippen molar-refractivity contribution < 1.29 is 4.74 Å². The van der Waals surface area contributed by atoms with Crippen LogP contribution in [-0.2, 0) is 11.2 Å². The molecule has 2 saturated heterocycles. The molecule has 1 atom stereocenters. The SMILES string of the molecule is CCc1nsc(N2CCN(C(=NC)NCCN3CCOCC3C)CC2)n1. The molecule has 0 amide bonds. The number of ether oxygens (including phenoxy) is 1. The highest BCUT2D eigenvalue weighted by Crippen LogP contribution is 2.19. The predicted octanol–water partition coefficient (Wildman–Crippen LogP) is 0.519.